The summed E-state index contributed by atoms with van der Waals surface area (Å²) >= 11 is 0. The van der Waals surface area contributed by atoms with E-state index in [2.05, 4.69) is 17.2 Å². The van der Waals surface area contributed by atoms with Crippen molar-refractivity contribution >= 4 is 17.3 Å². The minimum Gasteiger partial charge on any atom is -0.399 e. The molecular weight excluding hydrogens is 202 g/mol. The molecular formula is C12H17N3O. The Labute approximate surface area is 95.5 Å². The molecule has 0 spiro atoms. The van der Waals surface area contributed by atoms with Gasteiger partial charge in [-0.3, -0.25) is 4.79 Å². The van der Waals surface area contributed by atoms with Crippen LogP contribution in [0.3, 0.4) is 0 Å². The number of hydrogen-bond donors (Lipinski definition) is 3. The quantitative estimate of drug-likeness (QED) is 0.400. The molecule has 1 aromatic rings. The molecule has 1 amide bonds. The third-order valence-corrected chi connectivity index (χ3v) is 2.18. The van der Waals surface area contributed by atoms with E-state index in [1.54, 1.807) is 25.2 Å². The van der Waals surface area contributed by atoms with Crippen molar-refractivity contribution in [1.82, 2.24) is 5.32 Å². The molecule has 0 aliphatic carbocycles. The van der Waals surface area contributed by atoms with E-state index >= 15 is 0 Å². The molecule has 16 heavy (non-hydrogen) atoms. The fourth-order valence-electron chi connectivity index (χ4n) is 1.35. The van der Waals surface area contributed by atoms with Crippen molar-refractivity contribution in [2.75, 3.05) is 24.6 Å². The van der Waals surface area contributed by atoms with Crippen LogP contribution in [0.2, 0.25) is 0 Å². The minimum atomic E-state index is -0.124. The molecule has 4 nitrogen and oxygen atoms in total. The monoisotopic (exact) mass is 219 g/mol. The Bertz CT molecular complexity index is 388. The second-order valence-corrected chi connectivity index (χ2v) is 3.39. The number of anilines is 2. The van der Waals surface area contributed by atoms with Gasteiger partial charge in [-0.05, 0) is 24.6 Å². The van der Waals surface area contributed by atoms with Crippen LogP contribution in [-0.2, 0) is 0 Å². The zero-order valence-corrected chi connectivity index (χ0v) is 9.42. The molecule has 1 aromatic carbocycles. The summed E-state index contributed by atoms with van der Waals surface area (Å²) in [6, 6.07) is 5.18. The first kappa shape index (κ1) is 12.1. The van der Waals surface area contributed by atoms with E-state index in [-0.39, 0.29) is 5.91 Å². The predicted molar refractivity (Wildman–Crippen MR) is 67.5 cm³/mol. The van der Waals surface area contributed by atoms with Gasteiger partial charge >= 0.3 is 0 Å². The van der Waals surface area contributed by atoms with E-state index in [1.807, 2.05) is 6.08 Å². The third-order valence-electron chi connectivity index (χ3n) is 2.18. The van der Waals surface area contributed by atoms with Gasteiger partial charge in [-0.15, -0.1) is 6.58 Å². The SMILES string of the molecule is C=CCCNc1cc(N)ccc1C(=O)NC. The van der Waals surface area contributed by atoms with E-state index in [1.165, 1.54) is 0 Å². The summed E-state index contributed by atoms with van der Waals surface area (Å²) in [6.45, 7) is 4.37. The summed E-state index contributed by atoms with van der Waals surface area (Å²) in [5, 5.41) is 5.75. The van der Waals surface area contributed by atoms with E-state index in [0.29, 0.717) is 11.3 Å². The smallest absolute Gasteiger partial charge is 0.253 e. The largest absolute Gasteiger partial charge is 0.399 e. The van der Waals surface area contributed by atoms with Crippen LogP contribution in [0.25, 0.3) is 0 Å². The number of rotatable bonds is 5. The van der Waals surface area contributed by atoms with Crippen molar-refractivity contribution in [3.8, 4) is 0 Å². The minimum absolute atomic E-state index is 0.124. The molecule has 1 rings (SSSR count). The van der Waals surface area contributed by atoms with Crippen molar-refractivity contribution in [1.29, 1.82) is 0 Å². The van der Waals surface area contributed by atoms with Crippen molar-refractivity contribution in [3.05, 3.63) is 36.4 Å². The molecule has 0 radical (unpaired) electrons. The van der Waals surface area contributed by atoms with Gasteiger partial charge < -0.3 is 16.4 Å². The predicted octanol–water partition coefficient (Wildman–Crippen LogP) is 1.62. The molecule has 0 saturated heterocycles. The van der Waals surface area contributed by atoms with Gasteiger partial charge in [0.25, 0.3) is 5.91 Å². The average molecular weight is 219 g/mol. The number of amides is 1. The first-order valence-corrected chi connectivity index (χ1v) is 5.15. The first-order chi connectivity index (χ1) is 7.69. The number of benzene rings is 1. The topological polar surface area (TPSA) is 67.1 Å². The summed E-state index contributed by atoms with van der Waals surface area (Å²) in [5.41, 5.74) is 7.66. The van der Waals surface area contributed by atoms with Crippen LogP contribution in [-0.4, -0.2) is 19.5 Å². The first-order valence-electron chi connectivity index (χ1n) is 5.15. The van der Waals surface area contributed by atoms with Gasteiger partial charge in [0.1, 0.15) is 0 Å². The highest BCUT2D eigenvalue weighted by Gasteiger charge is 2.09. The fraction of sp³-hybridized carbons (Fsp3) is 0.250. The molecule has 86 valence electrons. The maximum absolute atomic E-state index is 11.6. The van der Waals surface area contributed by atoms with Gasteiger partial charge in [0.15, 0.2) is 0 Å². The van der Waals surface area contributed by atoms with Crippen LogP contribution in [0, 0.1) is 0 Å². The van der Waals surface area contributed by atoms with Crippen molar-refractivity contribution < 1.29 is 4.79 Å². The molecule has 0 unspecified atom stereocenters. The molecule has 0 heterocycles. The second kappa shape index (κ2) is 5.80. The van der Waals surface area contributed by atoms with Gasteiger partial charge in [0.05, 0.1) is 5.56 Å². The number of hydrogen-bond acceptors (Lipinski definition) is 3. The summed E-state index contributed by atoms with van der Waals surface area (Å²) < 4.78 is 0. The molecule has 0 aliphatic rings. The Morgan fingerprint density at radius 2 is 2.31 bits per heavy atom. The lowest BCUT2D eigenvalue weighted by Gasteiger charge is -2.11. The van der Waals surface area contributed by atoms with Gasteiger partial charge in [-0.25, -0.2) is 0 Å². The lowest BCUT2D eigenvalue weighted by molar-refractivity contribution is 0.0964. The highest BCUT2D eigenvalue weighted by atomic mass is 16.1. The maximum atomic E-state index is 11.6. The maximum Gasteiger partial charge on any atom is 0.253 e. The van der Waals surface area contributed by atoms with Crippen LogP contribution in [0.4, 0.5) is 11.4 Å². The lowest BCUT2D eigenvalue weighted by Crippen LogP contribution is -2.20. The average Bonchev–Trinajstić information content (AvgIpc) is 2.29. The molecule has 0 atom stereocenters. The van der Waals surface area contributed by atoms with E-state index in [9.17, 15) is 4.79 Å². The van der Waals surface area contributed by atoms with E-state index in [0.717, 1.165) is 18.7 Å². The number of nitrogen functional groups attached to an aromatic ring is 1. The third kappa shape index (κ3) is 3.02. The Hall–Kier alpha value is -1.97. The summed E-state index contributed by atoms with van der Waals surface area (Å²) in [5.74, 6) is -0.124. The van der Waals surface area contributed by atoms with Crippen molar-refractivity contribution in [2.45, 2.75) is 6.42 Å². The van der Waals surface area contributed by atoms with Gasteiger partial charge in [0.2, 0.25) is 0 Å². The van der Waals surface area contributed by atoms with Crippen LogP contribution in [0.1, 0.15) is 16.8 Å². The molecule has 0 bridgehead atoms. The van der Waals surface area contributed by atoms with Crippen LogP contribution in [0.5, 0.6) is 0 Å². The van der Waals surface area contributed by atoms with Gasteiger partial charge in [-0.1, -0.05) is 6.08 Å². The van der Waals surface area contributed by atoms with E-state index in [4.69, 9.17) is 5.73 Å². The van der Waals surface area contributed by atoms with Crippen LogP contribution >= 0.6 is 0 Å². The Kier molecular flexibility index (Phi) is 4.39. The van der Waals surface area contributed by atoms with Crippen LogP contribution in [0.15, 0.2) is 30.9 Å². The Morgan fingerprint density at radius 1 is 1.56 bits per heavy atom. The van der Waals surface area contributed by atoms with E-state index < -0.39 is 0 Å². The number of nitrogens with two attached hydrogens (primary N) is 1. The molecule has 0 fully saturated rings. The highest BCUT2D eigenvalue weighted by molar-refractivity contribution is 6.00. The van der Waals surface area contributed by atoms with Crippen molar-refractivity contribution in [2.24, 2.45) is 0 Å². The van der Waals surface area contributed by atoms with Gasteiger partial charge in [0, 0.05) is 25.0 Å². The summed E-state index contributed by atoms with van der Waals surface area (Å²) in [4.78, 5) is 11.6. The molecule has 0 aromatic heterocycles. The molecule has 4 heteroatoms. The fourth-order valence-corrected chi connectivity index (χ4v) is 1.35. The van der Waals surface area contributed by atoms with Crippen LogP contribution < -0.4 is 16.4 Å². The normalized spacial score (nSPS) is 9.56. The standard InChI is InChI=1S/C12H17N3O/c1-3-4-7-15-11-8-9(13)5-6-10(11)12(16)14-2/h3,5-6,8,15H,1,4,7,13H2,2H3,(H,14,16). The summed E-state index contributed by atoms with van der Waals surface area (Å²) in [7, 11) is 1.60. The zero-order valence-electron chi connectivity index (χ0n) is 9.42. The highest BCUT2D eigenvalue weighted by Crippen LogP contribution is 2.19. The Morgan fingerprint density at radius 3 is 2.94 bits per heavy atom. The number of nitrogens with one attached hydrogen (secondary N) is 2. The summed E-state index contributed by atoms with van der Waals surface area (Å²) in [6.07, 6.45) is 2.65. The van der Waals surface area contributed by atoms with Crippen molar-refractivity contribution in [3.63, 3.8) is 0 Å². The lowest BCUT2D eigenvalue weighted by atomic mass is 10.1. The Balaban J connectivity index is 2.89. The molecule has 4 N–H and O–H groups in total. The number of carbonyl (C=O) groups is 1. The molecule has 0 saturated carbocycles. The molecule has 0 aliphatic heterocycles. The number of carbonyl (C=O) groups excluding carboxylic acids is 1. The van der Waals surface area contributed by atoms with Gasteiger partial charge in [-0.2, -0.15) is 0 Å². The zero-order chi connectivity index (χ0) is 12.0. The second-order valence-electron chi connectivity index (χ2n) is 3.39.